The molecule has 0 spiro atoms. The number of rotatable bonds is 4. The van der Waals surface area contributed by atoms with Gasteiger partial charge in [0, 0.05) is 18.6 Å². The fraction of sp³-hybridized carbons (Fsp3) is 0.579. The zero-order valence-electron chi connectivity index (χ0n) is 15.4. The van der Waals surface area contributed by atoms with Crippen LogP contribution in [0.4, 0.5) is 11.4 Å². The van der Waals surface area contributed by atoms with E-state index in [1.54, 1.807) is 0 Å². The second-order valence-corrected chi connectivity index (χ2v) is 9.46. The molecule has 0 aromatic heterocycles. The van der Waals surface area contributed by atoms with Crippen LogP contribution in [-0.4, -0.2) is 15.9 Å². The molecule has 0 atom stereocenters. The molecule has 1 amide bonds. The summed E-state index contributed by atoms with van der Waals surface area (Å²) in [6, 6.07) is 4.04. The molecule has 1 aromatic rings. The first-order valence-electron chi connectivity index (χ1n) is 9.62. The number of benzene rings is 1. The summed E-state index contributed by atoms with van der Waals surface area (Å²) in [7, 11) is 0. The number of anilines is 1. The van der Waals surface area contributed by atoms with Gasteiger partial charge in [0.05, 0.1) is 15.6 Å². The van der Waals surface area contributed by atoms with Crippen LogP contribution in [0.15, 0.2) is 18.2 Å². The number of non-ortho nitro benzene ring substituents is 1. The highest BCUT2D eigenvalue weighted by Gasteiger charge is 2.51. The van der Waals surface area contributed by atoms with E-state index in [0.29, 0.717) is 17.1 Å². The summed E-state index contributed by atoms with van der Waals surface area (Å²) in [6.45, 7) is 0. The Kier molecular flexibility index (Phi) is 5.18. The number of amides is 1. The van der Waals surface area contributed by atoms with Crippen LogP contribution in [0.3, 0.4) is 0 Å². The molecule has 7 nitrogen and oxygen atoms in total. The Bertz CT molecular complexity index is 796. The van der Waals surface area contributed by atoms with E-state index in [9.17, 15) is 14.9 Å². The van der Waals surface area contributed by atoms with E-state index in [4.69, 9.17) is 23.8 Å². The Labute approximate surface area is 173 Å². The zero-order chi connectivity index (χ0) is 19.9. The van der Waals surface area contributed by atoms with E-state index in [0.717, 1.165) is 17.8 Å². The van der Waals surface area contributed by atoms with Crippen LogP contribution >= 0.6 is 23.8 Å². The van der Waals surface area contributed by atoms with Gasteiger partial charge in [0.2, 0.25) is 5.91 Å². The predicted molar refractivity (Wildman–Crippen MR) is 111 cm³/mol. The van der Waals surface area contributed by atoms with Crippen LogP contribution in [-0.2, 0) is 4.79 Å². The van der Waals surface area contributed by atoms with Gasteiger partial charge >= 0.3 is 0 Å². The Hall–Kier alpha value is -1.93. The van der Waals surface area contributed by atoms with Gasteiger partial charge in [-0.1, -0.05) is 11.6 Å². The Morgan fingerprint density at radius 1 is 1.18 bits per heavy atom. The topological polar surface area (TPSA) is 96.3 Å². The van der Waals surface area contributed by atoms with Crippen LogP contribution in [0.5, 0.6) is 0 Å². The van der Waals surface area contributed by atoms with Crippen molar-refractivity contribution in [2.45, 2.75) is 44.9 Å². The molecular weight excluding hydrogens is 400 g/mol. The van der Waals surface area contributed by atoms with Crippen molar-refractivity contribution in [1.82, 2.24) is 10.9 Å². The van der Waals surface area contributed by atoms with Gasteiger partial charge in [-0.2, -0.15) is 0 Å². The van der Waals surface area contributed by atoms with Crippen molar-refractivity contribution in [3.63, 3.8) is 0 Å². The number of hydrazine groups is 1. The molecule has 150 valence electrons. The van der Waals surface area contributed by atoms with Crippen LogP contribution in [0.25, 0.3) is 0 Å². The molecule has 3 N–H and O–H groups in total. The Morgan fingerprint density at radius 3 is 2.36 bits per heavy atom. The number of hydrogen-bond acceptors (Lipinski definition) is 4. The summed E-state index contributed by atoms with van der Waals surface area (Å²) in [5, 5.41) is 14.1. The summed E-state index contributed by atoms with van der Waals surface area (Å²) in [6.07, 6.45) is 8.05. The maximum atomic E-state index is 12.5. The third kappa shape index (κ3) is 4.07. The quantitative estimate of drug-likeness (QED) is 0.383. The molecule has 0 radical (unpaired) electrons. The average molecular weight is 423 g/mol. The van der Waals surface area contributed by atoms with Crippen molar-refractivity contribution in [3.8, 4) is 0 Å². The minimum Gasteiger partial charge on any atom is -0.330 e. The SMILES string of the molecule is O=C(CC12CC3CC(CC(C3)C1)C2)NNC(=S)Nc1cc([N+](=O)[O-])ccc1Cl. The molecule has 1 aromatic carbocycles. The first kappa shape index (κ1) is 19.4. The van der Waals surface area contributed by atoms with Gasteiger partial charge in [0.15, 0.2) is 5.11 Å². The van der Waals surface area contributed by atoms with Crippen LogP contribution in [0.1, 0.15) is 44.9 Å². The number of nitro groups is 1. The molecular formula is C19H23ClN4O3S. The summed E-state index contributed by atoms with van der Waals surface area (Å²) in [5.74, 6) is 2.32. The lowest BCUT2D eigenvalue weighted by molar-refractivity contribution is -0.384. The number of halogens is 1. The molecule has 4 bridgehead atoms. The lowest BCUT2D eigenvalue weighted by Crippen LogP contribution is -2.50. The Morgan fingerprint density at radius 2 is 1.79 bits per heavy atom. The monoisotopic (exact) mass is 422 g/mol. The summed E-state index contributed by atoms with van der Waals surface area (Å²) in [5.41, 5.74) is 5.71. The largest absolute Gasteiger partial charge is 0.330 e. The smallest absolute Gasteiger partial charge is 0.271 e. The van der Waals surface area contributed by atoms with Gasteiger partial charge in [-0.25, -0.2) is 0 Å². The maximum absolute atomic E-state index is 12.5. The normalized spacial score (nSPS) is 30.0. The molecule has 4 aliphatic rings. The molecule has 4 fully saturated rings. The number of carbonyl (C=O) groups excluding carboxylic acids is 1. The van der Waals surface area contributed by atoms with Crippen LogP contribution < -0.4 is 16.2 Å². The van der Waals surface area contributed by atoms with Gasteiger partial charge < -0.3 is 5.32 Å². The highest BCUT2D eigenvalue weighted by atomic mass is 35.5. The highest BCUT2D eigenvalue weighted by molar-refractivity contribution is 7.80. The third-order valence-electron chi connectivity index (χ3n) is 6.43. The van der Waals surface area contributed by atoms with Crippen LogP contribution in [0, 0.1) is 33.3 Å². The molecule has 28 heavy (non-hydrogen) atoms. The average Bonchev–Trinajstić information content (AvgIpc) is 2.60. The Balaban J connectivity index is 1.30. The molecule has 5 rings (SSSR count). The van der Waals surface area contributed by atoms with Crippen molar-refractivity contribution in [3.05, 3.63) is 33.3 Å². The standard InChI is InChI=1S/C19H23ClN4O3S/c20-15-2-1-14(24(26)27)6-16(15)21-18(28)23-22-17(25)10-19-7-11-3-12(8-19)5-13(4-11)9-19/h1-2,6,11-13H,3-5,7-10H2,(H,22,25)(H2,21,23,28). The van der Waals surface area contributed by atoms with Gasteiger partial charge in [-0.3, -0.25) is 25.8 Å². The van der Waals surface area contributed by atoms with Gasteiger partial charge in [0.1, 0.15) is 0 Å². The molecule has 0 saturated heterocycles. The second-order valence-electron chi connectivity index (χ2n) is 8.64. The van der Waals surface area contributed by atoms with Crippen molar-refractivity contribution < 1.29 is 9.72 Å². The van der Waals surface area contributed by atoms with Crippen molar-refractivity contribution in [1.29, 1.82) is 0 Å². The molecule has 9 heteroatoms. The summed E-state index contributed by atoms with van der Waals surface area (Å²) < 4.78 is 0. The van der Waals surface area contributed by atoms with Crippen molar-refractivity contribution in [2.24, 2.45) is 23.2 Å². The fourth-order valence-corrected chi connectivity index (χ4v) is 6.22. The van der Waals surface area contributed by atoms with E-state index in [1.165, 1.54) is 56.7 Å². The molecule has 0 unspecified atom stereocenters. The summed E-state index contributed by atoms with van der Waals surface area (Å²) >= 11 is 11.2. The zero-order valence-corrected chi connectivity index (χ0v) is 16.9. The molecule has 0 aliphatic heterocycles. The number of nitrogens with one attached hydrogen (secondary N) is 3. The number of thiocarbonyl (C=S) groups is 1. The van der Waals surface area contributed by atoms with E-state index in [-0.39, 0.29) is 22.1 Å². The fourth-order valence-electron chi connectivity index (χ4n) is 5.89. The lowest BCUT2D eigenvalue weighted by atomic mass is 9.49. The van der Waals surface area contributed by atoms with Gasteiger partial charge in [-0.15, -0.1) is 0 Å². The van der Waals surface area contributed by atoms with E-state index in [1.807, 2.05) is 0 Å². The van der Waals surface area contributed by atoms with E-state index in [2.05, 4.69) is 16.2 Å². The maximum Gasteiger partial charge on any atom is 0.271 e. The molecule has 4 saturated carbocycles. The van der Waals surface area contributed by atoms with Crippen LogP contribution in [0.2, 0.25) is 5.02 Å². The van der Waals surface area contributed by atoms with E-state index < -0.39 is 4.92 Å². The van der Waals surface area contributed by atoms with Gasteiger partial charge in [0.25, 0.3) is 5.69 Å². The second kappa shape index (κ2) is 7.48. The van der Waals surface area contributed by atoms with Gasteiger partial charge in [-0.05, 0) is 80.0 Å². The first-order valence-corrected chi connectivity index (χ1v) is 10.4. The number of nitrogens with zero attached hydrogens (tertiary/aromatic N) is 1. The number of carbonyl (C=O) groups is 1. The lowest BCUT2D eigenvalue weighted by Gasteiger charge is -2.56. The minimum absolute atomic E-state index is 0.0729. The third-order valence-corrected chi connectivity index (χ3v) is 6.96. The van der Waals surface area contributed by atoms with E-state index >= 15 is 0 Å². The number of hydrogen-bond donors (Lipinski definition) is 3. The van der Waals surface area contributed by atoms with Crippen molar-refractivity contribution in [2.75, 3.05) is 5.32 Å². The molecule has 0 heterocycles. The van der Waals surface area contributed by atoms with Crippen molar-refractivity contribution >= 4 is 46.2 Å². The first-order chi connectivity index (χ1) is 13.3. The predicted octanol–water partition coefficient (Wildman–Crippen LogP) is 4.17. The summed E-state index contributed by atoms with van der Waals surface area (Å²) in [4.78, 5) is 22.9. The minimum atomic E-state index is -0.509. The molecule has 4 aliphatic carbocycles. The number of nitro benzene ring substituents is 1. The highest BCUT2D eigenvalue weighted by Crippen LogP contribution is 2.61.